The molecule has 1 amide bonds. The third-order valence-electron chi connectivity index (χ3n) is 3.67. The number of hydrogen-bond acceptors (Lipinski definition) is 4. The topological polar surface area (TPSA) is 69.6 Å². The number of amides is 1. The van der Waals surface area contributed by atoms with Gasteiger partial charge in [0.1, 0.15) is 12.1 Å². The molecule has 0 bridgehead atoms. The van der Waals surface area contributed by atoms with Gasteiger partial charge in [0, 0.05) is 24.4 Å². The molecular weight excluding hydrogens is 353 g/mol. The molecule has 0 saturated heterocycles. The van der Waals surface area contributed by atoms with Crippen molar-refractivity contribution in [3.8, 4) is 11.5 Å². The molecule has 0 unspecified atom stereocenters. The number of carbonyl (C=O) groups excluding carboxylic acids is 1. The molecule has 0 fully saturated rings. The minimum absolute atomic E-state index is 0.388. The Kier molecular flexibility index (Phi) is 4.88. The van der Waals surface area contributed by atoms with E-state index in [4.69, 9.17) is 9.47 Å². The number of ether oxygens (including phenoxy) is 2. The smallest absolute Gasteiger partial charge is 0.421 e. The van der Waals surface area contributed by atoms with Crippen LogP contribution in [0.15, 0.2) is 41.3 Å². The highest BCUT2D eigenvalue weighted by molar-refractivity contribution is 5.90. The molecule has 138 valence electrons. The highest BCUT2D eigenvalue weighted by atomic mass is 19.4. The first-order chi connectivity index (χ1) is 12.3. The monoisotopic (exact) mass is 368 g/mol. The fraction of sp³-hybridized carbons (Fsp3) is 0.294. The molecule has 0 radical (unpaired) electrons. The lowest BCUT2D eigenvalue weighted by atomic mass is 10.2. The molecule has 1 aromatic heterocycles. The van der Waals surface area contributed by atoms with Gasteiger partial charge >= 0.3 is 6.18 Å². The van der Waals surface area contributed by atoms with Gasteiger partial charge < -0.3 is 19.4 Å². The Labute approximate surface area is 146 Å². The zero-order valence-corrected chi connectivity index (χ0v) is 13.5. The normalized spacial score (nSPS) is 13.8. The molecule has 26 heavy (non-hydrogen) atoms. The number of halogens is 3. The van der Waals surface area contributed by atoms with Gasteiger partial charge in [-0.3, -0.25) is 9.59 Å². The van der Waals surface area contributed by atoms with Gasteiger partial charge in [-0.25, -0.2) is 0 Å². The zero-order valence-electron chi connectivity index (χ0n) is 13.5. The number of rotatable bonds is 3. The van der Waals surface area contributed by atoms with E-state index in [0.29, 0.717) is 41.0 Å². The minimum Gasteiger partial charge on any atom is -0.490 e. The molecule has 0 atom stereocenters. The number of anilines is 1. The summed E-state index contributed by atoms with van der Waals surface area (Å²) in [6.07, 6.45) is -2.91. The van der Waals surface area contributed by atoms with Crippen molar-refractivity contribution in [2.45, 2.75) is 19.1 Å². The maximum atomic E-state index is 12.8. The van der Waals surface area contributed by atoms with Gasteiger partial charge in [0.2, 0.25) is 5.91 Å². The van der Waals surface area contributed by atoms with Gasteiger partial charge in [0.25, 0.3) is 5.56 Å². The molecule has 1 N–H and O–H groups in total. The third-order valence-corrected chi connectivity index (χ3v) is 3.67. The number of nitrogens with zero attached hydrogens (tertiary/aromatic N) is 1. The number of pyridine rings is 1. The fourth-order valence-electron chi connectivity index (χ4n) is 2.47. The number of fused-ring (bicyclic) bond motifs is 1. The summed E-state index contributed by atoms with van der Waals surface area (Å²) < 4.78 is 50.0. The van der Waals surface area contributed by atoms with Gasteiger partial charge in [-0.05, 0) is 24.3 Å². The average molecular weight is 368 g/mol. The van der Waals surface area contributed by atoms with Crippen molar-refractivity contribution in [3.05, 3.63) is 52.4 Å². The predicted molar refractivity (Wildman–Crippen MR) is 86.4 cm³/mol. The molecule has 0 saturated carbocycles. The molecule has 6 nitrogen and oxygen atoms in total. The van der Waals surface area contributed by atoms with E-state index in [0.717, 1.165) is 18.7 Å². The molecular formula is C17H15F3N2O4. The van der Waals surface area contributed by atoms with Crippen LogP contribution in [0, 0.1) is 0 Å². The minimum atomic E-state index is -4.77. The lowest BCUT2D eigenvalue weighted by Crippen LogP contribution is -2.31. The Hall–Kier alpha value is -2.97. The lowest BCUT2D eigenvalue weighted by Gasteiger charge is -2.12. The van der Waals surface area contributed by atoms with Crippen molar-refractivity contribution in [2.24, 2.45) is 0 Å². The van der Waals surface area contributed by atoms with Crippen LogP contribution in [-0.4, -0.2) is 23.7 Å². The molecule has 1 aliphatic rings. The van der Waals surface area contributed by atoms with Crippen LogP contribution in [0.5, 0.6) is 11.5 Å². The molecule has 2 heterocycles. The first kappa shape index (κ1) is 17.8. The highest BCUT2D eigenvalue weighted by Crippen LogP contribution is 2.32. The summed E-state index contributed by atoms with van der Waals surface area (Å²) in [6, 6.07) is 6.53. The standard InChI is InChI=1S/C17H15F3N2O4/c18-17(19,20)12-3-1-6-22(16(12)24)10-15(23)21-11-4-5-13-14(9-11)26-8-2-7-25-13/h1,3-6,9H,2,7-8,10H2,(H,21,23). The second-order valence-electron chi connectivity index (χ2n) is 5.61. The second-order valence-corrected chi connectivity index (χ2v) is 5.61. The highest BCUT2D eigenvalue weighted by Gasteiger charge is 2.34. The summed E-state index contributed by atoms with van der Waals surface area (Å²) in [6.45, 7) is 0.457. The van der Waals surface area contributed by atoms with Crippen LogP contribution in [0.1, 0.15) is 12.0 Å². The first-order valence-electron chi connectivity index (χ1n) is 7.81. The van der Waals surface area contributed by atoms with Crippen LogP contribution in [0.2, 0.25) is 0 Å². The first-order valence-corrected chi connectivity index (χ1v) is 7.81. The van der Waals surface area contributed by atoms with Crippen molar-refractivity contribution in [3.63, 3.8) is 0 Å². The van der Waals surface area contributed by atoms with E-state index in [2.05, 4.69) is 5.32 Å². The van der Waals surface area contributed by atoms with Gasteiger partial charge in [-0.2, -0.15) is 13.2 Å². The maximum absolute atomic E-state index is 12.8. The second kappa shape index (κ2) is 7.11. The summed E-state index contributed by atoms with van der Waals surface area (Å²) in [4.78, 5) is 24.0. The van der Waals surface area contributed by atoms with Crippen LogP contribution in [0.4, 0.5) is 18.9 Å². The van der Waals surface area contributed by atoms with Gasteiger partial charge in [0.05, 0.1) is 13.2 Å². The molecule has 1 aliphatic heterocycles. The fourth-order valence-corrected chi connectivity index (χ4v) is 2.47. The van der Waals surface area contributed by atoms with E-state index in [-0.39, 0.29) is 0 Å². The quantitative estimate of drug-likeness (QED) is 0.904. The van der Waals surface area contributed by atoms with Crippen molar-refractivity contribution in [1.82, 2.24) is 4.57 Å². The van der Waals surface area contributed by atoms with Gasteiger partial charge in [0.15, 0.2) is 11.5 Å². The number of aromatic nitrogens is 1. The molecule has 3 rings (SSSR count). The molecule has 0 spiro atoms. The van der Waals surface area contributed by atoms with E-state index in [1.54, 1.807) is 18.2 Å². The van der Waals surface area contributed by atoms with E-state index in [9.17, 15) is 22.8 Å². The SMILES string of the molecule is O=C(Cn1cccc(C(F)(F)F)c1=O)Nc1ccc2c(c1)OCCCO2. The number of alkyl halides is 3. The van der Waals surface area contributed by atoms with Crippen molar-refractivity contribution in [2.75, 3.05) is 18.5 Å². The van der Waals surface area contributed by atoms with Crippen molar-refractivity contribution in [1.29, 1.82) is 0 Å². The summed E-state index contributed by atoms with van der Waals surface area (Å²) >= 11 is 0. The molecule has 1 aromatic carbocycles. The van der Waals surface area contributed by atoms with E-state index in [1.165, 1.54) is 0 Å². The number of carbonyl (C=O) groups is 1. The Morgan fingerprint density at radius 2 is 1.88 bits per heavy atom. The molecule has 0 aliphatic carbocycles. The Bertz CT molecular complexity index is 877. The zero-order chi connectivity index (χ0) is 18.7. The van der Waals surface area contributed by atoms with E-state index in [1.807, 2.05) is 0 Å². The number of nitrogens with one attached hydrogen (secondary N) is 1. The Morgan fingerprint density at radius 1 is 1.15 bits per heavy atom. The Balaban J connectivity index is 1.74. The van der Waals surface area contributed by atoms with Crippen LogP contribution < -0.4 is 20.3 Å². The predicted octanol–water partition coefficient (Wildman–Crippen LogP) is 2.67. The lowest BCUT2D eigenvalue weighted by molar-refractivity contribution is -0.139. The number of hydrogen-bond donors (Lipinski definition) is 1. The van der Waals surface area contributed by atoms with E-state index >= 15 is 0 Å². The van der Waals surface area contributed by atoms with Gasteiger partial charge in [-0.1, -0.05) is 0 Å². The van der Waals surface area contributed by atoms with Crippen molar-refractivity contribution < 1.29 is 27.4 Å². The van der Waals surface area contributed by atoms with E-state index < -0.39 is 29.8 Å². The largest absolute Gasteiger partial charge is 0.490 e. The molecule has 9 heteroatoms. The van der Waals surface area contributed by atoms with Crippen LogP contribution in [0.25, 0.3) is 0 Å². The summed E-state index contributed by atoms with van der Waals surface area (Å²) in [5, 5.41) is 2.53. The summed E-state index contributed by atoms with van der Waals surface area (Å²) in [5.74, 6) is 0.382. The number of benzene rings is 1. The van der Waals surface area contributed by atoms with Crippen LogP contribution in [0.3, 0.4) is 0 Å². The Morgan fingerprint density at radius 3 is 2.62 bits per heavy atom. The summed E-state index contributed by atoms with van der Waals surface area (Å²) in [5.41, 5.74) is -2.20. The van der Waals surface area contributed by atoms with Crippen LogP contribution in [-0.2, 0) is 17.5 Å². The van der Waals surface area contributed by atoms with Crippen molar-refractivity contribution >= 4 is 11.6 Å². The third kappa shape index (κ3) is 3.98. The average Bonchev–Trinajstić information content (AvgIpc) is 2.80. The summed E-state index contributed by atoms with van der Waals surface area (Å²) in [7, 11) is 0. The molecule has 2 aromatic rings. The maximum Gasteiger partial charge on any atom is 0.421 e. The van der Waals surface area contributed by atoms with Crippen LogP contribution >= 0.6 is 0 Å². The van der Waals surface area contributed by atoms with Gasteiger partial charge in [-0.15, -0.1) is 0 Å².